The highest BCUT2D eigenvalue weighted by Crippen LogP contribution is 2.17. The molecule has 0 unspecified atom stereocenters. The van der Waals surface area contributed by atoms with E-state index in [0.717, 1.165) is 18.7 Å². The number of anilines is 1. The average Bonchev–Trinajstić information content (AvgIpc) is 2.53. The number of amides is 1. The SMILES string of the molecule is CCN(Cc1cccc(C(=O)NN)c1)c1ccccc1. The van der Waals surface area contributed by atoms with Crippen molar-refractivity contribution in [2.24, 2.45) is 5.84 Å². The molecule has 0 heterocycles. The van der Waals surface area contributed by atoms with E-state index in [-0.39, 0.29) is 5.91 Å². The van der Waals surface area contributed by atoms with Gasteiger partial charge in [-0.3, -0.25) is 10.2 Å². The summed E-state index contributed by atoms with van der Waals surface area (Å²) in [5.74, 6) is 4.89. The molecule has 0 atom stereocenters. The van der Waals surface area contributed by atoms with Crippen LogP contribution in [0.3, 0.4) is 0 Å². The lowest BCUT2D eigenvalue weighted by Crippen LogP contribution is -2.30. The Kier molecular flexibility index (Phi) is 4.74. The van der Waals surface area contributed by atoms with Gasteiger partial charge in [0, 0.05) is 24.3 Å². The smallest absolute Gasteiger partial charge is 0.265 e. The number of hydrogen-bond donors (Lipinski definition) is 2. The van der Waals surface area contributed by atoms with Crippen LogP contribution in [0, 0.1) is 0 Å². The topological polar surface area (TPSA) is 58.4 Å². The van der Waals surface area contributed by atoms with Crippen molar-refractivity contribution in [1.82, 2.24) is 5.43 Å². The number of nitrogens with zero attached hydrogens (tertiary/aromatic N) is 1. The Bertz CT molecular complexity index is 569. The number of nitrogens with one attached hydrogen (secondary N) is 1. The number of nitrogen functional groups attached to an aromatic ring is 1. The van der Waals surface area contributed by atoms with E-state index in [9.17, 15) is 4.79 Å². The fourth-order valence-electron chi connectivity index (χ4n) is 2.14. The summed E-state index contributed by atoms with van der Waals surface area (Å²) in [5, 5.41) is 0. The third-order valence-electron chi connectivity index (χ3n) is 3.20. The lowest BCUT2D eigenvalue weighted by atomic mass is 10.1. The minimum atomic E-state index is -0.269. The second-order valence-electron chi connectivity index (χ2n) is 4.52. The number of hydrazine groups is 1. The molecule has 0 radical (unpaired) electrons. The lowest BCUT2D eigenvalue weighted by molar-refractivity contribution is 0.0953. The Labute approximate surface area is 119 Å². The molecule has 0 saturated heterocycles. The second kappa shape index (κ2) is 6.73. The van der Waals surface area contributed by atoms with Gasteiger partial charge in [-0.05, 0) is 36.8 Å². The molecule has 2 aromatic carbocycles. The second-order valence-corrected chi connectivity index (χ2v) is 4.52. The van der Waals surface area contributed by atoms with Crippen molar-refractivity contribution < 1.29 is 4.79 Å². The minimum Gasteiger partial charge on any atom is -0.367 e. The zero-order valence-electron chi connectivity index (χ0n) is 11.5. The zero-order chi connectivity index (χ0) is 14.4. The van der Waals surface area contributed by atoms with Gasteiger partial charge in [-0.25, -0.2) is 5.84 Å². The molecule has 4 heteroatoms. The highest BCUT2D eigenvalue weighted by Gasteiger charge is 2.07. The van der Waals surface area contributed by atoms with E-state index >= 15 is 0 Å². The third kappa shape index (κ3) is 3.36. The van der Waals surface area contributed by atoms with Gasteiger partial charge in [-0.1, -0.05) is 30.3 Å². The predicted molar refractivity (Wildman–Crippen MR) is 81.3 cm³/mol. The summed E-state index contributed by atoms with van der Waals surface area (Å²) in [7, 11) is 0. The third-order valence-corrected chi connectivity index (χ3v) is 3.20. The van der Waals surface area contributed by atoms with E-state index in [0.29, 0.717) is 5.56 Å². The lowest BCUT2D eigenvalue weighted by Gasteiger charge is -2.23. The average molecular weight is 269 g/mol. The van der Waals surface area contributed by atoms with Crippen molar-refractivity contribution in [2.75, 3.05) is 11.4 Å². The van der Waals surface area contributed by atoms with Crippen molar-refractivity contribution in [3.05, 3.63) is 65.7 Å². The van der Waals surface area contributed by atoms with Gasteiger partial charge < -0.3 is 4.90 Å². The summed E-state index contributed by atoms with van der Waals surface area (Å²) in [6.07, 6.45) is 0. The Balaban J connectivity index is 2.18. The quantitative estimate of drug-likeness (QED) is 0.497. The summed E-state index contributed by atoms with van der Waals surface area (Å²) in [6, 6.07) is 17.7. The number of carbonyl (C=O) groups excluding carboxylic acids is 1. The van der Waals surface area contributed by atoms with E-state index in [1.165, 1.54) is 5.69 Å². The largest absolute Gasteiger partial charge is 0.367 e. The summed E-state index contributed by atoms with van der Waals surface area (Å²) >= 11 is 0. The van der Waals surface area contributed by atoms with Crippen molar-refractivity contribution >= 4 is 11.6 Å². The number of para-hydroxylation sites is 1. The molecule has 0 aliphatic heterocycles. The Morgan fingerprint density at radius 3 is 2.55 bits per heavy atom. The van der Waals surface area contributed by atoms with Gasteiger partial charge in [0.2, 0.25) is 0 Å². The van der Waals surface area contributed by atoms with Crippen LogP contribution in [0.4, 0.5) is 5.69 Å². The minimum absolute atomic E-state index is 0.269. The van der Waals surface area contributed by atoms with Gasteiger partial charge in [-0.15, -0.1) is 0 Å². The first kappa shape index (κ1) is 14.1. The number of carbonyl (C=O) groups is 1. The fraction of sp³-hybridized carbons (Fsp3) is 0.188. The van der Waals surface area contributed by atoms with E-state index in [1.54, 1.807) is 6.07 Å². The maximum atomic E-state index is 11.5. The number of hydrogen-bond acceptors (Lipinski definition) is 3. The Morgan fingerprint density at radius 1 is 1.15 bits per heavy atom. The normalized spacial score (nSPS) is 10.1. The standard InChI is InChI=1S/C16H19N3O/c1-2-19(15-9-4-3-5-10-15)12-13-7-6-8-14(11-13)16(20)18-17/h3-11H,2,12,17H2,1H3,(H,18,20). The molecule has 0 bridgehead atoms. The van der Waals surface area contributed by atoms with Gasteiger partial charge >= 0.3 is 0 Å². The van der Waals surface area contributed by atoms with Crippen LogP contribution in [0.5, 0.6) is 0 Å². The molecule has 104 valence electrons. The molecule has 4 nitrogen and oxygen atoms in total. The van der Waals surface area contributed by atoms with E-state index in [2.05, 4.69) is 29.4 Å². The van der Waals surface area contributed by atoms with Crippen LogP contribution < -0.4 is 16.2 Å². The molecule has 20 heavy (non-hydrogen) atoms. The van der Waals surface area contributed by atoms with Crippen LogP contribution in [0.25, 0.3) is 0 Å². The summed E-state index contributed by atoms with van der Waals surface area (Å²) in [4.78, 5) is 13.8. The highest BCUT2D eigenvalue weighted by molar-refractivity contribution is 5.93. The van der Waals surface area contributed by atoms with Crippen molar-refractivity contribution in [1.29, 1.82) is 0 Å². The predicted octanol–water partition coefficient (Wildman–Crippen LogP) is 2.32. The van der Waals surface area contributed by atoms with Gasteiger partial charge in [0.25, 0.3) is 5.91 Å². The summed E-state index contributed by atoms with van der Waals surface area (Å²) < 4.78 is 0. The molecule has 0 saturated carbocycles. The number of nitrogens with two attached hydrogens (primary N) is 1. The first-order valence-corrected chi connectivity index (χ1v) is 6.64. The maximum Gasteiger partial charge on any atom is 0.265 e. The molecule has 0 aliphatic carbocycles. The van der Waals surface area contributed by atoms with Crippen molar-refractivity contribution in [3.8, 4) is 0 Å². The summed E-state index contributed by atoms with van der Waals surface area (Å²) in [5.41, 5.74) is 4.98. The first-order valence-electron chi connectivity index (χ1n) is 6.64. The first-order chi connectivity index (χ1) is 9.74. The Morgan fingerprint density at radius 2 is 1.90 bits per heavy atom. The van der Waals surface area contributed by atoms with Crippen LogP contribution in [0.2, 0.25) is 0 Å². The van der Waals surface area contributed by atoms with E-state index in [1.807, 2.05) is 36.4 Å². The summed E-state index contributed by atoms with van der Waals surface area (Å²) in [6.45, 7) is 3.77. The van der Waals surface area contributed by atoms with Crippen molar-refractivity contribution in [3.63, 3.8) is 0 Å². The molecule has 0 aromatic heterocycles. The van der Waals surface area contributed by atoms with Gasteiger partial charge in [-0.2, -0.15) is 0 Å². The zero-order valence-corrected chi connectivity index (χ0v) is 11.5. The van der Waals surface area contributed by atoms with E-state index < -0.39 is 0 Å². The molecular weight excluding hydrogens is 250 g/mol. The highest BCUT2D eigenvalue weighted by atomic mass is 16.2. The number of benzene rings is 2. The van der Waals surface area contributed by atoms with Crippen LogP contribution in [0.15, 0.2) is 54.6 Å². The van der Waals surface area contributed by atoms with Crippen LogP contribution in [-0.2, 0) is 6.54 Å². The van der Waals surface area contributed by atoms with Gasteiger partial charge in [0.05, 0.1) is 0 Å². The van der Waals surface area contributed by atoms with E-state index in [4.69, 9.17) is 5.84 Å². The monoisotopic (exact) mass is 269 g/mol. The molecule has 2 rings (SSSR count). The molecule has 0 spiro atoms. The molecule has 0 fully saturated rings. The fourth-order valence-corrected chi connectivity index (χ4v) is 2.14. The maximum absolute atomic E-state index is 11.5. The molecule has 2 aromatic rings. The molecular formula is C16H19N3O. The van der Waals surface area contributed by atoms with Crippen LogP contribution in [0.1, 0.15) is 22.8 Å². The Hall–Kier alpha value is -2.33. The number of rotatable bonds is 5. The van der Waals surface area contributed by atoms with Crippen LogP contribution in [-0.4, -0.2) is 12.5 Å². The van der Waals surface area contributed by atoms with Crippen LogP contribution >= 0.6 is 0 Å². The van der Waals surface area contributed by atoms with Gasteiger partial charge in [0.15, 0.2) is 0 Å². The molecule has 3 N–H and O–H groups in total. The molecule has 0 aliphatic rings. The molecule has 1 amide bonds. The van der Waals surface area contributed by atoms with Gasteiger partial charge in [0.1, 0.15) is 0 Å². The van der Waals surface area contributed by atoms with Crippen molar-refractivity contribution in [2.45, 2.75) is 13.5 Å².